The molecule has 0 aromatic carbocycles. The lowest BCUT2D eigenvalue weighted by Crippen LogP contribution is -2.15. The van der Waals surface area contributed by atoms with E-state index in [1.54, 1.807) is 0 Å². The molecule has 6 nitrogen and oxygen atoms in total. The summed E-state index contributed by atoms with van der Waals surface area (Å²) in [6.45, 7) is 4.92. The summed E-state index contributed by atoms with van der Waals surface area (Å²) >= 11 is 0. The van der Waals surface area contributed by atoms with Crippen molar-refractivity contribution in [3.8, 4) is 0 Å². The molecule has 74 valence electrons. The lowest BCUT2D eigenvalue weighted by molar-refractivity contribution is -0.252. The third kappa shape index (κ3) is 2.93. The summed E-state index contributed by atoms with van der Waals surface area (Å²) in [6.07, 6.45) is 0. The van der Waals surface area contributed by atoms with Crippen molar-refractivity contribution in [1.82, 2.24) is 0 Å². The summed E-state index contributed by atoms with van der Waals surface area (Å²) in [6, 6.07) is 0. The zero-order valence-corrected chi connectivity index (χ0v) is 7.91. The van der Waals surface area contributed by atoms with Gasteiger partial charge in [-0.1, -0.05) is 6.58 Å². The Bertz CT molecular complexity index is 262. The maximum atomic E-state index is 11.3. The molecule has 1 unspecified atom stereocenters. The topological polar surface area (TPSA) is 71.1 Å². The third-order valence-corrected chi connectivity index (χ3v) is 2.28. The SMILES string of the molecule is C=C(C)C(=O)OP1(=O)OCCOO1. The van der Waals surface area contributed by atoms with Crippen LogP contribution in [0.25, 0.3) is 0 Å². The van der Waals surface area contributed by atoms with E-state index in [0.29, 0.717) is 0 Å². The normalized spacial score (nSPS) is 28.1. The Morgan fingerprint density at radius 1 is 1.54 bits per heavy atom. The van der Waals surface area contributed by atoms with Gasteiger partial charge in [-0.15, -0.1) is 4.67 Å². The molecule has 0 bridgehead atoms. The predicted molar refractivity (Wildman–Crippen MR) is 41.5 cm³/mol. The van der Waals surface area contributed by atoms with Gasteiger partial charge in [0.2, 0.25) is 0 Å². The molecule has 1 fully saturated rings. The van der Waals surface area contributed by atoms with Crippen LogP contribution in [0.1, 0.15) is 6.92 Å². The second kappa shape index (κ2) is 4.02. The number of phosphoric acid groups is 1. The van der Waals surface area contributed by atoms with Crippen molar-refractivity contribution in [2.45, 2.75) is 6.92 Å². The van der Waals surface area contributed by atoms with Crippen molar-refractivity contribution in [3.05, 3.63) is 12.2 Å². The lowest BCUT2D eigenvalue weighted by atomic mass is 10.4. The van der Waals surface area contributed by atoms with Crippen LogP contribution < -0.4 is 0 Å². The summed E-state index contributed by atoms with van der Waals surface area (Å²) in [5.74, 6) is -0.839. The molecule has 1 atom stereocenters. The Kier molecular flexibility index (Phi) is 3.22. The first kappa shape index (κ1) is 10.4. The lowest BCUT2D eigenvalue weighted by Gasteiger charge is -2.19. The number of hydrogen-bond donors (Lipinski definition) is 0. The first-order valence-corrected chi connectivity index (χ1v) is 4.95. The third-order valence-electron chi connectivity index (χ3n) is 1.10. The van der Waals surface area contributed by atoms with Crippen LogP contribution in [-0.2, 0) is 28.0 Å². The molecule has 1 saturated heterocycles. The molecule has 0 spiro atoms. The number of carbonyl (C=O) groups is 1. The summed E-state index contributed by atoms with van der Waals surface area (Å²) in [4.78, 5) is 15.3. The Balaban J connectivity index is 2.55. The van der Waals surface area contributed by atoms with Crippen LogP contribution in [0, 0.1) is 0 Å². The number of rotatable bonds is 2. The van der Waals surface area contributed by atoms with Crippen molar-refractivity contribution < 1.29 is 28.0 Å². The second-order valence-electron chi connectivity index (χ2n) is 2.34. The summed E-state index contributed by atoms with van der Waals surface area (Å²) in [5.41, 5.74) is 0.105. The zero-order chi connectivity index (χ0) is 9.90. The molecule has 0 amide bonds. The van der Waals surface area contributed by atoms with Gasteiger partial charge < -0.3 is 4.52 Å². The molecular formula is C6H9O6P. The fourth-order valence-corrected chi connectivity index (χ4v) is 1.51. The largest absolute Gasteiger partial charge is 0.560 e. The van der Waals surface area contributed by atoms with Crippen molar-refractivity contribution in [3.63, 3.8) is 0 Å². The molecule has 13 heavy (non-hydrogen) atoms. The monoisotopic (exact) mass is 208 g/mol. The quantitative estimate of drug-likeness (QED) is 0.385. The Morgan fingerprint density at radius 2 is 2.23 bits per heavy atom. The van der Waals surface area contributed by atoms with Crippen LogP contribution in [0.3, 0.4) is 0 Å². The van der Waals surface area contributed by atoms with Crippen molar-refractivity contribution in [2.24, 2.45) is 0 Å². The zero-order valence-electron chi connectivity index (χ0n) is 7.02. The van der Waals surface area contributed by atoms with Crippen molar-refractivity contribution in [2.75, 3.05) is 13.2 Å². The maximum Gasteiger partial charge on any atom is 0.560 e. The fraction of sp³-hybridized carbons (Fsp3) is 0.500. The van der Waals surface area contributed by atoms with Gasteiger partial charge in [0.1, 0.15) is 6.61 Å². The van der Waals surface area contributed by atoms with Gasteiger partial charge in [-0.05, 0) is 6.92 Å². The first-order chi connectivity index (χ1) is 6.03. The highest BCUT2D eigenvalue weighted by atomic mass is 31.2. The second-order valence-corrected chi connectivity index (χ2v) is 3.82. The molecular weight excluding hydrogens is 199 g/mol. The van der Waals surface area contributed by atoms with Gasteiger partial charge >= 0.3 is 13.8 Å². The van der Waals surface area contributed by atoms with Gasteiger partial charge in [-0.25, -0.2) is 14.2 Å². The van der Waals surface area contributed by atoms with E-state index < -0.39 is 13.8 Å². The minimum absolute atomic E-state index is 0.0563. The Labute approximate surface area is 75.0 Å². The van der Waals surface area contributed by atoms with Gasteiger partial charge in [0.05, 0.1) is 6.61 Å². The molecule has 0 aliphatic carbocycles. The molecule has 0 saturated carbocycles. The van der Waals surface area contributed by atoms with E-state index in [4.69, 9.17) is 0 Å². The average Bonchev–Trinajstić information content (AvgIpc) is 2.04. The van der Waals surface area contributed by atoms with Crippen molar-refractivity contribution in [1.29, 1.82) is 0 Å². The van der Waals surface area contributed by atoms with Gasteiger partial charge in [0, 0.05) is 5.57 Å². The van der Waals surface area contributed by atoms with Gasteiger partial charge in [0.15, 0.2) is 0 Å². The molecule has 1 rings (SSSR count). The standard InChI is InChI=1S/C6H9O6P/c1-5(2)6(7)11-13(8)10-4-3-9-12-13/h1,3-4H2,2H3. The van der Waals surface area contributed by atoms with Gasteiger partial charge in [-0.2, -0.15) is 0 Å². The van der Waals surface area contributed by atoms with E-state index in [-0.39, 0.29) is 18.8 Å². The van der Waals surface area contributed by atoms with Gasteiger partial charge in [0.25, 0.3) is 0 Å². The van der Waals surface area contributed by atoms with E-state index >= 15 is 0 Å². The average molecular weight is 208 g/mol. The maximum absolute atomic E-state index is 11.3. The highest BCUT2D eigenvalue weighted by molar-refractivity contribution is 7.49. The van der Waals surface area contributed by atoms with Crippen LogP contribution in [0.4, 0.5) is 0 Å². The van der Waals surface area contributed by atoms with E-state index in [1.807, 2.05) is 0 Å². The molecule has 0 N–H and O–H groups in total. The summed E-state index contributed by atoms with van der Waals surface area (Å²) < 4.78 is 24.5. The molecule has 0 aromatic heterocycles. The number of carbonyl (C=O) groups excluding carboxylic acids is 1. The molecule has 7 heteroatoms. The predicted octanol–water partition coefficient (Wildman–Crippen LogP) is 1.19. The van der Waals surface area contributed by atoms with Crippen LogP contribution in [0.5, 0.6) is 0 Å². The van der Waals surface area contributed by atoms with Crippen LogP contribution in [0.15, 0.2) is 12.2 Å². The van der Waals surface area contributed by atoms with E-state index in [2.05, 4.69) is 25.2 Å². The first-order valence-electron chi connectivity index (χ1n) is 3.49. The van der Waals surface area contributed by atoms with E-state index in [1.165, 1.54) is 6.92 Å². The number of phosphoric ester groups is 1. The minimum Gasteiger partial charge on any atom is -0.365 e. The molecule has 1 heterocycles. The smallest absolute Gasteiger partial charge is 0.365 e. The van der Waals surface area contributed by atoms with Gasteiger partial charge in [-0.3, -0.25) is 4.52 Å². The molecule has 0 aromatic rings. The van der Waals surface area contributed by atoms with Crippen LogP contribution >= 0.6 is 7.82 Å². The molecule has 0 radical (unpaired) electrons. The highest BCUT2D eigenvalue weighted by Gasteiger charge is 2.35. The van der Waals surface area contributed by atoms with Crippen molar-refractivity contribution >= 4 is 13.8 Å². The minimum atomic E-state index is -3.86. The van der Waals surface area contributed by atoms with Crippen LogP contribution in [-0.4, -0.2) is 19.2 Å². The summed E-state index contributed by atoms with van der Waals surface area (Å²) in [7, 11) is -3.86. The molecule has 1 aliphatic heterocycles. The van der Waals surface area contributed by atoms with Crippen LogP contribution in [0.2, 0.25) is 0 Å². The number of hydrogen-bond acceptors (Lipinski definition) is 6. The Morgan fingerprint density at radius 3 is 2.69 bits per heavy atom. The van der Waals surface area contributed by atoms with E-state index in [0.717, 1.165) is 0 Å². The highest BCUT2D eigenvalue weighted by Crippen LogP contribution is 2.51. The molecule has 1 aliphatic rings. The Hall–Kier alpha value is -0.680. The summed E-state index contributed by atoms with van der Waals surface area (Å²) in [5, 5.41) is 0. The van der Waals surface area contributed by atoms with E-state index in [9.17, 15) is 9.36 Å². The fourth-order valence-electron chi connectivity index (χ4n) is 0.527.